The second kappa shape index (κ2) is 40.0. The molecule has 0 amide bonds. The monoisotopic (exact) mass is 1580 g/mol. The number of aryl methyl sites for hydroxylation is 5. The fourth-order valence-corrected chi connectivity index (χ4v) is 14.0. The molecule has 0 fully saturated rings. The van der Waals surface area contributed by atoms with Crippen LogP contribution in [0.15, 0.2) is 413 Å². The number of hydrogen-bond acceptors (Lipinski definition) is 12. The molecule has 0 aliphatic heterocycles. The van der Waals surface area contributed by atoms with Gasteiger partial charge < -0.3 is 48.7 Å². The number of ether oxygens (including phenoxy) is 2. The molecule has 0 atom stereocenters. The van der Waals surface area contributed by atoms with Crippen LogP contribution in [-0.2, 0) is 0 Å². The lowest BCUT2D eigenvalue weighted by Gasteiger charge is -2.27. The zero-order chi connectivity index (χ0) is 83.9. The number of anilines is 20. The first kappa shape index (κ1) is 82.9. The summed E-state index contributed by atoms with van der Waals surface area (Å²) in [4.78, 5) is 28.1. The van der Waals surface area contributed by atoms with Gasteiger partial charge in [0.1, 0.15) is 11.5 Å². The number of nitro groups is 1. The Morgan fingerprint density at radius 1 is 0.200 bits per heavy atom. The SMILES string of the molecule is COc1ccc(N(C)c2ccc(N(c3ccccc3)c3ccc(C)cc3)cc2)cc1.COc1cccc(N(C)c2ccc(N(c3ccccc3)c3ccc(C)cc3)cc2)c1.Cc1ccc(N(c2ccccc2)c2ccc(N(C)c3ccc([N+](=O)[O-])cc3)cc2)cc1.Cc1ccc(N(c2ccccc2)c2ccc(N(C)c3cccc(C)c3)cc2)cc1. The quantitative estimate of drug-likeness (QED) is 0.0451. The maximum atomic E-state index is 10.9. The molecule has 0 aromatic heterocycles. The third-order valence-corrected chi connectivity index (χ3v) is 20.9. The molecule has 120 heavy (non-hydrogen) atoms. The lowest BCUT2D eigenvalue weighted by atomic mass is 10.1. The van der Waals surface area contributed by atoms with Gasteiger partial charge in [-0.3, -0.25) is 10.1 Å². The average Bonchev–Trinajstić information content (AvgIpc) is 0.813. The zero-order valence-electron chi connectivity index (χ0n) is 69.9. The Kier molecular flexibility index (Phi) is 27.6. The molecule has 0 N–H and O–H groups in total. The smallest absolute Gasteiger partial charge is 0.269 e. The Labute approximate surface area is 707 Å². The predicted octanol–water partition coefficient (Wildman–Crippen LogP) is 29.2. The molecule has 13 nitrogen and oxygen atoms in total. The van der Waals surface area contributed by atoms with Gasteiger partial charge in [0.2, 0.25) is 0 Å². The number of rotatable bonds is 23. The van der Waals surface area contributed by atoms with E-state index in [0.717, 1.165) is 120 Å². The summed E-state index contributed by atoms with van der Waals surface area (Å²) >= 11 is 0. The van der Waals surface area contributed by atoms with Crippen LogP contribution in [0.25, 0.3) is 0 Å². The molecule has 0 aliphatic rings. The second-order valence-electron chi connectivity index (χ2n) is 29.3. The van der Waals surface area contributed by atoms with Gasteiger partial charge in [-0.25, -0.2) is 0 Å². The van der Waals surface area contributed by atoms with Gasteiger partial charge in [0.05, 0.1) is 19.1 Å². The Bertz CT molecular complexity index is 5860. The Hall–Kier alpha value is -15.1. The summed E-state index contributed by atoms with van der Waals surface area (Å²) in [5, 5.41) is 10.9. The fraction of sp³-hybridized carbons (Fsp3) is 0.103. The molecule has 16 rings (SSSR count). The van der Waals surface area contributed by atoms with Crippen LogP contribution in [0.3, 0.4) is 0 Å². The van der Waals surface area contributed by atoms with Crippen molar-refractivity contribution in [2.75, 3.05) is 81.6 Å². The van der Waals surface area contributed by atoms with Crippen LogP contribution in [-0.4, -0.2) is 47.3 Å². The van der Waals surface area contributed by atoms with Crippen molar-refractivity contribution in [1.29, 1.82) is 0 Å². The molecule has 16 aromatic rings. The standard InChI is InChI=1S/2C27H26N2O.C27H26N2.C26H23N3O2/c1-21-12-14-24(15-13-21)29(23-8-5-4-6-9-23)25-18-16-22(17-19-25)28(2)26-10-7-11-27(20-26)30-3;1-21-9-11-25(12-10-21)29(24-7-5-4-6-8-24)26-15-13-22(14-16-26)28(2)23-17-19-27(30-3)20-18-23;1-21-12-14-25(15-13-21)29(24-9-5-4-6-10-24)26-18-16-23(17-19-26)28(3)27-11-7-8-22(2)20-27;1-20-8-10-24(11-9-20)28(23-6-4-3-5-7-23)25-16-12-21(13-17-25)27(2)22-14-18-26(19-15-22)29(30)31/h2*4-20H,1-3H3;4-20H,1-3H3;3-19H,1-2H3. The van der Waals surface area contributed by atoms with E-state index in [4.69, 9.17) is 9.47 Å². The van der Waals surface area contributed by atoms with Crippen molar-refractivity contribution in [1.82, 2.24) is 0 Å². The molecule has 0 heterocycles. The second-order valence-corrected chi connectivity index (χ2v) is 29.3. The van der Waals surface area contributed by atoms with Gasteiger partial charge >= 0.3 is 0 Å². The first-order valence-electron chi connectivity index (χ1n) is 40.1. The molecule has 0 saturated carbocycles. The molecule has 598 valence electrons. The average molecular weight is 1580 g/mol. The predicted molar refractivity (Wildman–Crippen MR) is 506 cm³/mol. The molecule has 0 radical (unpaired) electrons. The van der Waals surface area contributed by atoms with Gasteiger partial charge in [-0.2, -0.15) is 0 Å². The normalized spacial score (nSPS) is 10.5. The van der Waals surface area contributed by atoms with Gasteiger partial charge in [-0.1, -0.05) is 162 Å². The van der Waals surface area contributed by atoms with Crippen molar-refractivity contribution in [3.63, 3.8) is 0 Å². The van der Waals surface area contributed by atoms with E-state index >= 15 is 0 Å². The maximum Gasteiger partial charge on any atom is 0.269 e. The first-order chi connectivity index (χ1) is 58.4. The summed E-state index contributed by atoms with van der Waals surface area (Å²) in [6.45, 7) is 10.5. The largest absolute Gasteiger partial charge is 0.497 e. The van der Waals surface area contributed by atoms with Crippen LogP contribution in [0.5, 0.6) is 11.5 Å². The van der Waals surface area contributed by atoms with E-state index in [9.17, 15) is 10.1 Å². The van der Waals surface area contributed by atoms with Crippen LogP contribution < -0.4 is 48.7 Å². The third kappa shape index (κ3) is 21.1. The number of para-hydroxylation sites is 4. The molecule has 0 saturated heterocycles. The molecule has 0 unspecified atom stereocenters. The van der Waals surface area contributed by atoms with E-state index in [1.807, 2.05) is 72.6 Å². The molecular weight excluding hydrogens is 1480 g/mol. The third-order valence-electron chi connectivity index (χ3n) is 20.9. The van der Waals surface area contributed by atoms with Gasteiger partial charge in [-0.05, 0) is 295 Å². The lowest BCUT2D eigenvalue weighted by Crippen LogP contribution is -2.12. The van der Waals surface area contributed by atoms with Crippen molar-refractivity contribution < 1.29 is 14.4 Å². The first-order valence-corrected chi connectivity index (χ1v) is 40.1. The number of methoxy groups -OCH3 is 2. The molecule has 16 aromatic carbocycles. The van der Waals surface area contributed by atoms with E-state index in [0.29, 0.717) is 0 Å². The van der Waals surface area contributed by atoms with Gasteiger partial charge in [0.25, 0.3) is 5.69 Å². The van der Waals surface area contributed by atoms with Crippen LogP contribution in [0.1, 0.15) is 27.8 Å². The summed E-state index contributed by atoms with van der Waals surface area (Å²) in [6.07, 6.45) is 0. The highest BCUT2D eigenvalue weighted by Gasteiger charge is 2.20. The van der Waals surface area contributed by atoms with Crippen LogP contribution in [0.2, 0.25) is 0 Å². The van der Waals surface area contributed by atoms with Crippen molar-refractivity contribution in [3.05, 3.63) is 450 Å². The highest BCUT2D eigenvalue weighted by atomic mass is 16.6. The van der Waals surface area contributed by atoms with Crippen LogP contribution in [0, 0.1) is 44.7 Å². The van der Waals surface area contributed by atoms with E-state index in [1.165, 1.54) is 45.6 Å². The summed E-state index contributed by atoms with van der Waals surface area (Å²) in [5.41, 5.74) is 28.5. The zero-order valence-corrected chi connectivity index (χ0v) is 69.9. The highest BCUT2D eigenvalue weighted by Crippen LogP contribution is 2.42. The minimum Gasteiger partial charge on any atom is -0.497 e. The number of benzene rings is 16. The van der Waals surface area contributed by atoms with Crippen molar-refractivity contribution in [2.24, 2.45) is 0 Å². The highest BCUT2D eigenvalue weighted by molar-refractivity contribution is 5.83. The Balaban J connectivity index is 0.000000138. The fourth-order valence-electron chi connectivity index (χ4n) is 14.0. The van der Waals surface area contributed by atoms with Crippen LogP contribution >= 0.6 is 0 Å². The van der Waals surface area contributed by atoms with Gasteiger partial charge in [-0.15, -0.1) is 0 Å². The molecular formula is C107H101N9O4. The van der Waals surface area contributed by atoms with E-state index in [1.54, 1.807) is 26.4 Å². The van der Waals surface area contributed by atoms with E-state index < -0.39 is 0 Å². The number of nitrogens with zero attached hydrogens (tertiary/aromatic N) is 9. The van der Waals surface area contributed by atoms with Gasteiger partial charge in [0.15, 0.2) is 0 Å². The van der Waals surface area contributed by atoms with Gasteiger partial charge in [0, 0.05) is 160 Å². The summed E-state index contributed by atoms with van der Waals surface area (Å²) < 4.78 is 10.6. The summed E-state index contributed by atoms with van der Waals surface area (Å²) in [5.74, 6) is 1.71. The van der Waals surface area contributed by atoms with E-state index in [2.05, 4.69) is 418 Å². The number of hydrogen-bond donors (Lipinski definition) is 0. The van der Waals surface area contributed by atoms with Crippen molar-refractivity contribution in [2.45, 2.75) is 34.6 Å². The molecule has 13 heteroatoms. The Morgan fingerprint density at radius 3 is 0.650 bits per heavy atom. The number of nitro benzene ring substituents is 1. The summed E-state index contributed by atoms with van der Waals surface area (Å²) in [6, 6.07) is 142. The molecule has 0 bridgehead atoms. The number of non-ortho nitro benzene ring substituents is 1. The lowest BCUT2D eigenvalue weighted by molar-refractivity contribution is -0.384. The van der Waals surface area contributed by atoms with Crippen molar-refractivity contribution >= 4 is 119 Å². The van der Waals surface area contributed by atoms with Crippen molar-refractivity contribution in [3.8, 4) is 11.5 Å². The minimum atomic E-state index is -0.387. The molecule has 0 spiro atoms. The Morgan fingerprint density at radius 2 is 0.400 bits per heavy atom. The minimum absolute atomic E-state index is 0.0871. The van der Waals surface area contributed by atoms with E-state index in [-0.39, 0.29) is 10.6 Å². The summed E-state index contributed by atoms with van der Waals surface area (Å²) in [7, 11) is 11.6. The molecule has 0 aliphatic carbocycles. The maximum absolute atomic E-state index is 10.9. The van der Waals surface area contributed by atoms with Crippen LogP contribution in [0.4, 0.5) is 119 Å². The topological polar surface area (TPSA) is 87.5 Å².